The summed E-state index contributed by atoms with van der Waals surface area (Å²) in [6.07, 6.45) is 0.106. The summed E-state index contributed by atoms with van der Waals surface area (Å²) in [5.41, 5.74) is 24.6. The van der Waals surface area contributed by atoms with Gasteiger partial charge in [-0.05, 0) is 78.1 Å². The van der Waals surface area contributed by atoms with E-state index in [4.69, 9.17) is 65.6 Å². The number of rotatable bonds is 25. The first-order chi connectivity index (χ1) is 47.9. The SMILES string of the molecule is CC(C)C(=O)CC(=O)C(C)C.CC(C)c1cc(C(C)C)[nH]c(=O)n1.CC(C)c1nc(=O)[nH]c(C(C)C)c1[N+](=O)[O-].CC(C)c1nc(OCCN(C)C)nc(C(C)C)c1N.CC(C)c1nc(OCCN(C)C)nc(C(C)C)c1[N+](=O)[O-].CN(C)CCBr.CO.NC(=O)c1cc(Cl)c(Cl)nc1Cl.NC(N)=O. The van der Waals surface area contributed by atoms with Crippen molar-refractivity contribution in [2.24, 2.45) is 29.0 Å². The van der Waals surface area contributed by atoms with Gasteiger partial charge in [0.15, 0.2) is 0 Å². The molecule has 0 fully saturated rings. The van der Waals surface area contributed by atoms with Gasteiger partial charge in [-0.1, -0.05) is 189 Å². The highest BCUT2D eigenvalue weighted by Crippen LogP contribution is 2.34. The van der Waals surface area contributed by atoms with E-state index in [2.05, 4.69) is 138 Å². The van der Waals surface area contributed by atoms with Crippen molar-refractivity contribution in [2.45, 2.75) is 192 Å². The Morgan fingerprint density at radius 3 is 1.16 bits per heavy atom. The summed E-state index contributed by atoms with van der Waals surface area (Å²) in [5.74, 6) is 0.133. The number of halogens is 4. The minimum absolute atomic E-state index is 0.0139. The summed E-state index contributed by atoms with van der Waals surface area (Å²) in [6, 6.07) is 3.07. The fourth-order valence-electron chi connectivity index (χ4n) is 7.58. The number of anilines is 1. The van der Waals surface area contributed by atoms with Gasteiger partial charge in [0.25, 0.3) is 5.91 Å². The van der Waals surface area contributed by atoms with Gasteiger partial charge in [-0.3, -0.25) is 34.6 Å². The van der Waals surface area contributed by atoms with Crippen molar-refractivity contribution in [1.82, 2.24) is 59.6 Å². The molecule has 31 nitrogen and oxygen atoms in total. The molecule has 35 heteroatoms. The Bertz CT molecular complexity index is 3410. The largest absolute Gasteiger partial charge is 0.462 e. The van der Waals surface area contributed by atoms with Gasteiger partial charge in [-0.25, -0.2) is 19.4 Å². The van der Waals surface area contributed by atoms with E-state index in [9.17, 15) is 44.2 Å². The number of urea groups is 1. The molecule has 104 heavy (non-hydrogen) atoms. The van der Waals surface area contributed by atoms with E-state index >= 15 is 0 Å². The zero-order valence-corrected chi connectivity index (χ0v) is 69.8. The molecule has 5 heterocycles. The number of carbonyl (C=O) groups excluding carboxylic acids is 4. The van der Waals surface area contributed by atoms with Gasteiger partial charge in [0.1, 0.15) is 57.9 Å². The third-order valence-electron chi connectivity index (χ3n) is 13.4. The Hall–Kier alpha value is -7.46. The normalized spacial score (nSPS) is 10.7. The lowest BCUT2D eigenvalue weighted by atomic mass is 9.98. The number of nitrogen functional groups attached to an aromatic ring is 1. The Labute approximate surface area is 637 Å². The number of nitro groups is 2. The van der Waals surface area contributed by atoms with Crippen LogP contribution >= 0.6 is 50.7 Å². The number of pyridine rings is 1. The van der Waals surface area contributed by atoms with Gasteiger partial charge in [-0.15, -0.1) is 0 Å². The second-order valence-corrected chi connectivity index (χ2v) is 28.8. The van der Waals surface area contributed by atoms with Crippen LogP contribution < -0.4 is 43.8 Å². The number of likely N-dealkylation sites (N-methyl/N-ethyl adjacent to an activating group) is 2. The van der Waals surface area contributed by atoms with Crippen LogP contribution in [0.3, 0.4) is 0 Å². The highest BCUT2D eigenvalue weighted by Gasteiger charge is 2.29. The fourth-order valence-corrected chi connectivity index (χ4v) is 8.85. The van der Waals surface area contributed by atoms with Crippen LogP contribution in [0.4, 0.5) is 21.9 Å². The summed E-state index contributed by atoms with van der Waals surface area (Å²) in [7, 11) is 13.0. The predicted molar refractivity (Wildman–Crippen MR) is 419 cm³/mol. The predicted octanol–water partition coefficient (Wildman–Crippen LogP) is 12.3. The van der Waals surface area contributed by atoms with Crippen LogP contribution in [0.1, 0.15) is 248 Å². The van der Waals surface area contributed by atoms with Crippen LogP contribution in [0.15, 0.2) is 21.7 Å². The summed E-state index contributed by atoms with van der Waals surface area (Å²) in [6.45, 7) is 42.1. The maximum absolute atomic E-state index is 11.3. The number of alkyl halides is 1. The number of nitrogens with two attached hydrogens (primary N) is 4. The van der Waals surface area contributed by atoms with Gasteiger partial charge in [0.05, 0.1) is 49.6 Å². The highest BCUT2D eigenvalue weighted by molar-refractivity contribution is 9.09. The molecule has 3 amide bonds. The van der Waals surface area contributed by atoms with Crippen molar-refractivity contribution in [1.29, 1.82) is 0 Å². The van der Waals surface area contributed by atoms with Gasteiger partial charge in [0.2, 0.25) is 0 Å². The summed E-state index contributed by atoms with van der Waals surface area (Å²) >= 11 is 19.9. The average Bonchev–Trinajstić information content (AvgIpc) is 0.810. The van der Waals surface area contributed by atoms with Crippen LogP contribution in [0.5, 0.6) is 12.0 Å². The van der Waals surface area contributed by atoms with Crippen molar-refractivity contribution in [3.63, 3.8) is 0 Å². The van der Waals surface area contributed by atoms with Crippen LogP contribution in [0.2, 0.25) is 15.3 Å². The Kier molecular flexibility index (Phi) is 52.8. The third-order valence-corrected chi connectivity index (χ3v) is 14.7. The lowest BCUT2D eigenvalue weighted by Crippen LogP contribution is -2.20. The Morgan fingerprint density at radius 2 is 0.875 bits per heavy atom. The van der Waals surface area contributed by atoms with E-state index in [1.54, 1.807) is 27.7 Å². The third kappa shape index (κ3) is 42.5. The molecule has 0 saturated carbocycles. The van der Waals surface area contributed by atoms with Gasteiger partial charge in [-0.2, -0.15) is 29.9 Å². The quantitative estimate of drug-likeness (QED) is 0.00938. The average molecular weight is 1590 g/mol. The number of aromatic amines is 2. The van der Waals surface area contributed by atoms with E-state index in [0.717, 1.165) is 54.8 Å². The monoisotopic (exact) mass is 1590 g/mol. The smallest absolute Gasteiger partial charge is 0.345 e. The molecule has 0 atom stereocenters. The maximum Gasteiger partial charge on any atom is 0.345 e. The number of ether oxygens (including phenoxy) is 2. The first-order valence-corrected chi connectivity index (χ1v) is 35.9. The first kappa shape index (κ1) is 103. The number of carbonyl (C=O) groups is 4. The molecule has 0 bridgehead atoms. The molecule has 11 N–H and O–H groups in total. The van der Waals surface area contributed by atoms with Crippen molar-refractivity contribution >= 4 is 91.3 Å². The number of Topliss-reactive ketones (excluding diaryl/α,β-unsaturated/α-hetero) is 2. The number of primary amides is 3. The molecule has 0 aliphatic carbocycles. The number of hydrogen-bond donors (Lipinski definition) is 7. The maximum atomic E-state index is 11.3. The van der Waals surface area contributed by atoms with Crippen LogP contribution in [-0.4, -0.2) is 186 Å². The zero-order chi connectivity index (χ0) is 82.1. The number of hydrogen-bond acceptors (Lipinski definition) is 24. The summed E-state index contributed by atoms with van der Waals surface area (Å²) < 4.78 is 11.2. The van der Waals surface area contributed by atoms with E-state index in [-0.39, 0.29) is 115 Å². The van der Waals surface area contributed by atoms with Gasteiger partial charge in [0, 0.05) is 73.3 Å². The van der Waals surface area contributed by atoms with E-state index in [1.165, 1.54) is 6.07 Å². The molecule has 5 rings (SSSR count). The standard InChI is InChI=1S/C14H24N4O3.C14H26N4O.C10H15N3O3.C10H16N2O.C9H16O2.C6H3Cl3N2O.C4H10BrN.CH4N2O.CH4O/c1-9(2)11-13(18(19)20)12(10(3)4)16-14(15-11)21-8-7-17(5)6;1-9(2)12-11(15)13(10(3)4)17-14(16-12)19-8-7-18(5)6;1-5(2)7-9(13(15)16)8(6(3)4)12-10(14)11-7;1-6(2)8-5-9(7(3)4)12-10(13)11-8;1-6(2)8(10)5-9(11)7(3)4;7-3-1-2(6(10)12)4(8)11-5(3)9;1-6(2)4-3-5;2-1(3)4;1-2/h9-10H,7-8H2,1-6H3;9-10H,7-8,15H2,1-6H3;5-6H,1-4H3,(H,11,12,14);5-7H,1-4H3,(H,11,12,13);6-7H,5H2,1-4H3;1H,(H2,10,12);3-4H2,1-2H3;(H4,2,3,4);2H,1H3. The number of ketones is 2. The van der Waals surface area contributed by atoms with Crippen molar-refractivity contribution in [2.75, 3.05) is 93.3 Å². The lowest BCUT2D eigenvalue weighted by molar-refractivity contribution is -0.387. The number of amides is 3. The molecule has 0 unspecified atom stereocenters. The van der Waals surface area contributed by atoms with E-state index in [0.29, 0.717) is 53.8 Å². The lowest BCUT2D eigenvalue weighted by Gasteiger charge is -2.17. The second kappa shape index (κ2) is 53.3. The number of aliphatic hydroxyl groups is 1. The topological polar surface area (TPSA) is 463 Å². The van der Waals surface area contributed by atoms with Crippen LogP contribution in [-0.2, 0) is 9.59 Å². The number of nitrogens with one attached hydrogen (secondary N) is 2. The molecule has 0 aliphatic rings. The van der Waals surface area contributed by atoms with Crippen molar-refractivity contribution in [3.05, 3.63) is 120 Å². The molecule has 0 saturated heterocycles. The van der Waals surface area contributed by atoms with Crippen molar-refractivity contribution in [3.8, 4) is 12.0 Å². The van der Waals surface area contributed by atoms with Gasteiger partial charge >= 0.3 is 40.8 Å². The number of nitrogens with zero attached hydrogens (tertiary/aromatic N) is 12. The summed E-state index contributed by atoms with van der Waals surface area (Å²) in [4.78, 5) is 126. The molecular formula is C69H118BrCl3N18O13. The van der Waals surface area contributed by atoms with Crippen LogP contribution in [0, 0.1) is 32.1 Å². The number of aliphatic hydroxyl groups excluding tert-OH is 1. The zero-order valence-electron chi connectivity index (χ0n) is 65.9. The molecule has 0 radical (unpaired) electrons. The Morgan fingerprint density at radius 1 is 0.519 bits per heavy atom. The second-order valence-electron chi connectivity index (χ2n) is 26.9. The number of H-pyrrole nitrogens is 2. The molecule has 0 aromatic carbocycles. The van der Waals surface area contributed by atoms with Crippen LogP contribution in [0.25, 0.3) is 0 Å². The molecule has 5 aromatic rings. The number of aromatic nitrogens is 9. The molecule has 5 aromatic heterocycles. The Balaban J connectivity index is -0.000000565. The minimum Gasteiger partial charge on any atom is -0.462 e. The van der Waals surface area contributed by atoms with E-state index < -0.39 is 27.5 Å². The molecule has 0 aliphatic heterocycles. The fraction of sp³-hybridized carbons (Fsp3) is 0.638. The van der Waals surface area contributed by atoms with Gasteiger partial charge < -0.3 is 62.2 Å². The summed E-state index contributed by atoms with van der Waals surface area (Å²) in [5, 5.41) is 30.6. The first-order valence-electron chi connectivity index (χ1n) is 33.6. The molecular weight excluding hydrogens is 1480 g/mol. The van der Waals surface area contributed by atoms with Crippen molar-refractivity contribution < 1.29 is 43.6 Å². The molecule has 0 spiro atoms. The molecule has 590 valence electrons. The highest BCUT2D eigenvalue weighted by atomic mass is 79.9. The minimum atomic E-state index is -0.833. The van der Waals surface area contributed by atoms with E-state index in [1.807, 2.05) is 108 Å².